The van der Waals surface area contributed by atoms with E-state index in [1.54, 1.807) is 0 Å². The van der Waals surface area contributed by atoms with Gasteiger partial charge in [0, 0.05) is 31.6 Å². The van der Waals surface area contributed by atoms with Crippen molar-refractivity contribution in [3.05, 3.63) is 29.8 Å². The summed E-state index contributed by atoms with van der Waals surface area (Å²) < 4.78 is 5.33. The number of rotatable bonds is 5. The Kier molecular flexibility index (Phi) is 5.74. The molecule has 2 aliphatic rings. The van der Waals surface area contributed by atoms with Crippen LogP contribution in [-0.2, 0) is 14.3 Å². The Morgan fingerprint density at radius 3 is 2.36 bits per heavy atom. The molecule has 1 aromatic rings. The van der Waals surface area contributed by atoms with Crippen molar-refractivity contribution in [1.82, 2.24) is 4.90 Å². The van der Waals surface area contributed by atoms with Crippen LogP contribution in [0.4, 0.5) is 5.69 Å². The van der Waals surface area contributed by atoms with Gasteiger partial charge in [-0.3, -0.25) is 9.59 Å². The maximum Gasteiger partial charge on any atom is 0.224 e. The molecule has 1 N–H and O–H groups in total. The van der Waals surface area contributed by atoms with Crippen molar-refractivity contribution in [2.24, 2.45) is 5.41 Å². The maximum atomic E-state index is 12.7. The van der Waals surface area contributed by atoms with Crippen LogP contribution in [-0.4, -0.2) is 43.0 Å². The van der Waals surface area contributed by atoms with E-state index < -0.39 is 0 Å². The molecule has 2 amide bonds. The number of hydrogen-bond acceptors (Lipinski definition) is 3. The minimum atomic E-state index is -0.176. The van der Waals surface area contributed by atoms with Crippen LogP contribution in [0.3, 0.4) is 0 Å². The lowest BCUT2D eigenvalue weighted by Crippen LogP contribution is -2.43. The van der Waals surface area contributed by atoms with Crippen LogP contribution >= 0.6 is 0 Å². The summed E-state index contributed by atoms with van der Waals surface area (Å²) >= 11 is 0. The van der Waals surface area contributed by atoms with Crippen molar-refractivity contribution in [1.29, 1.82) is 0 Å². The fourth-order valence-electron chi connectivity index (χ4n) is 3.97. The first kappa shape index (κ1) is 17.9. The van der Waals surface area contributed by atoms with E-state index in [0.29, 0.717) is 39.1 Å². The number of hydrogen-bond donors (Lipinski definition) is 1. The van der Waals surface area contributed by atoms with Gasteiger partial charge in [0.05, 0.1) is 13.2 Å². The lowest BCUT2D eigenvalue weighted by molar-refractivity contribution is -0.138. The Balaban J connectivity index is 1.60. The molecule has 5 heteroatoms. The molecule has 0 unspecified atom stereocenters. The Morgan fingerprint density at radius 1 is 1.08 bits per heavy atom. The molecule has 0 radical (unpaired) electrons. The molecule has 1 saturated heterocycles. The molecule has 3 rings (SSSR count). The van der Waals surface area contributed by atoms with Gasteiger partial charge in [-0.25, -0.2) is 0 Å². The van der Waals surface area contributed by atoms with E-state index in [9.17, 15) is 9.59 Å². The lowest BCUT2D eigenvalue weighted by Gasteiger charge is -2.33. The standard InChI is InChI=1S/C20H28N2O3/c1-16-4-6-17(7-5-16)21-18(23)14-20(8-2-3-9-20)15-19(24)22-10-12-25-13-11-22/h4-7H,2-3,8-15H2,1H3,(H,21,23). The summed E-state index contributed by atoms with van der Waals surface area (Å²) in [5, 5.41) is 2.99. The zero-order chi connectivity index (χ0) is 17.7. The third-order valence-corrected chi connectivity index (χ3v) is 5.43. The van der Waals surface area contributed by atoms with E-state index in [1.165, 1.54) is 5.56 Å². The number of morpholine rings is 1. The van der Waals surface area contributed by atoms with Crippen molar-refractivity contribution in [3.63, 3.8) is 0 Å². The quantitative estimate of drug-likeness (QED) is 0.893. The number of carbonyl (C=O) groups excluding carboxylic acids is 2. The van der Waals surface area contributed by atoms with Gasteiger partial charge in [-0.2, -0.15) is 0 Å². The number of ether oxygens (including phenoxy) is 1. The third kappa shape index (κ3) is 4.82. The largest absolute Gasteiger partial charge is 0.378 e. The lowest BCUT2D eigenvalue weighted by atomic mass is 9.78. The first-order valence-corrected chi connectivity index (χ1v) is 9.28. The number of carbonyl (C=O) groups is 2. The summed E-state index contributed by atoms with van der Waals surface area (Å²) in [5.41, 5.74) is 1.81. The summed E-state index contributed by atoms with van der Waals surface area (Å²) in [4.78, 5) is 27.1. The summed E-state index contributed by atoms with van der Waals surface area (Å²) in [6.07, 6.45) is 5.04. The van der Waals surface area contributed by atoms with Gasteiger partial charge in [0.15, 0.2) is 0 Å². The van der Waals surface area contributed by atoms with E-state index in [1.807, 2.05) is 36.1 Å². The van der Waals surface area contributed by atoms with E-state index in [4.69, 9.17) is 4.74 Å². The number of nitrogens with one attached hydrogen (secondary N) is 1. The molecule has 0 atom stereocenters. The average molecular weight is 344 g/mol. The van der Waals surface area contributed by atoms with Crippen LogP contribution < -0.4 is 5.32 Å². The van der Waals surface area contributed by atoms with E-state index in [-0.39, 0.29) is 17.2 Å². The average Bonchev–Trinajstić information content (AvgIpc) is 3.05. The fourth-order valence-corrected chi connectivity index (χ4v) is 3.97. The van der Waals surface area contributed by atoms with Gasteiger partial charge in [-0.05, 0) is 37.3 Å². The molecule has 0 bridgehead atoms. The van der Waals surface area contributed by atoms with Gasteiger partial charge in [0.1, 0.15) is 0 Å². The van der Waals surface area contributed by atoms with E-state index in [0.717, 1.165) is 31.4 Å². The monoisotopic (exact) mass is 344 g/mol. The minimum absolute atomic E-state index is 0.0144. The molecule has 136 valence electrons. The SMILES string of the molecule is Cc1ccc(NC(=O)CC2(CC(=O)N3CCOCC3)CCCC2)cc1. The second kappa shape index (κ2) is 8.00. The molecular formula is C20H28N2O3. The minimum Gasteiger partial charge on any atom is -0.378 e. The second-order valence-electron chi connectivity index (χ2n) is 7.47. The Bertz CT molecular complexity index is 600. The van der Waals surface area contributed by atoms with Crippen LogP contribution in [0.25, 0.3) is 0 Å². The van der Waals surface area contributed by atoms with Gasteiger partial charge >= 0.3 is 0 Å². The van der Waals surface area contributed by atoms with Gasteiger partial charge in [-0.1, -0.05) is 30.5 Å². The Labute approximate surface area is 149 Å². The van der Waals surface area contributed by atoms with Gasteiger partial charge < -0.3 is 15.0 Å². The van der Waals surface area contributed by atoms with Crippen LogP contribution in [0.15, 0.2) is 24.3 Å². The van der Waals surface area contributed by atoms with E-state index >= 15 is 0 Å². The highest BCUT2D eigenvalue weighted by Crippen LogP contribution is 2.44. The molecule has 5 nitrogen and oxygen atoms in total. The van der Waals surface area contributed by atoms with Crippen LogP contribution in [0.1, 0.15) is 44.1 Å². The Hall–Kier alpha value is -1.88. The van der Waals surface area contributed by atoms with Gasteiger partial charge in [0.2, 0.25) is 11.8 Å². The van der Waals surface area contributed by atoms with Crippen LogP contribution in [0.5, 0.6) is 0 Å². The molecule has 2 fully saturated rings. The second-order valence-corrected chi connectivity index (χ2v) is 7.47. The molecule has 1 aromatic carbocycles. The van der Waals surface area contributed by atoms with E-state index in [2.05, 4.69) is 5.32 Å². The maximum absolute atomic E-state index is 12.7. The predicted octanol–water partition coefficient (Wildman–Crippen LogP) is 3.13. The molecule has 1 aliphatic heterocycles. The summed E-state index contributed by atoms with van der Waals surface area (Å²) in [7, 11) is 0. The molecule has 1 heterocycles. The third-order valence-electron chi connectivity index (χ3n) is 5.43. The number of aryl methyl sites for hydroxylation is 1. The highest BCUT2D eigenvalue weighted by Gasteiger charge is 2.39. The fraction of sp³-hybridized carbons (Fsp3) is 0.600. The van der Waals surface area contributed by atoms with Crippen molar-refractivity contribution in [3.8, 4) is 0 Å². The molecule has 25 heavy (non-hydrogen) atoms. The van der Waals surface area contributed by atoms with Gasteiger partial charge in [-0.15, -0.1) is 0 Å². The highest BCUT2D eigenvalue weighted by molar-refractivity contribution is 5.91. The van der Waals surface area contributed by atoms with Crippen LogP contribution in [0, 0.1) is 12.3 Å². The molecule has 1 aliphatic carbocycles. The number of benzene rings is 1. The normalized spacial score (nSPS) is 19.6. The van der Waals surface area contributed by atoms with Crippen molar-refractivity contribution in [2.45, 2.75) is 45.4 Å². The molecule has 0 aromatic heterocycles. The first-order chi connectivity index (χ1) is 12.1. The number of nitrogens with zero attached hydrogens (tertiary/aromatic N) is 1. The number of amides is 2. The zero-order valence-corrected chi connectivity index (χ0v) is 15.1. The van der Waals surface area contributed by atoms with Crippen molar-refractivity contribution < 1.29 is 14.3 Å². The predicted molar refractivity (Wildman–Crippen MR) is 97.3 cm³/mol. The molecular weight excluding hydrogens is 316 g/mol. The van der Waals surface area contributed by atoms with Crippen molar-refractivity contribution >= 4 is 17.5 Å². The Morgan fingerprint density at radius 2 is 1.72 bits per heavy atom. The number of anilines is 1. The summed E-state index contributed by atoms with van der Waals surface area (Å²) in [6.45, 7) is 4.60. The van der Waals surface area contributed by atoms with Crippen LogP contribution in [0.2, 0.25) is 0 Å². The molecule has 0 spiro atoms. The van der Waals surface area contributed by atoms with Gasteiger partial charge in [0.25, 0.3) is 0 Å². The molecule has 1 saturated carbocycles. The summed E-state index contributed by atoms with van der Waals surface area (Å²) in [5.74, 6) is 0.189. The smallest absolute Gasteiger partial charge is 0.224 e. The highest BCUT2D eigenvalue weighted by atomic mass is 16.5. The topological polar surface area (TPSA) is 58.6 Å². The first-order valence-electron chi connectivity index (χ1n) is 9.28. The van der Waals surface area contributed by atoms with Crippen molar-refractivity contribution in [2.75, 3.05) is 31.6 Å². The zero-order valence-electron chi connectivity index (χ0n) is 15.1. The summed E-state index contributed by atoms with van der Waals surface area (Å²) in [6, 6.07) is 7.83.